The third-order valence-electron chi connectivity index (χ3n) is 3.79. The number of esters is 1. The van der Waals surface area contributed by atoms with E-state index in [1.807, 2.05) is 43.9 Å². The van der Waals surface area contributed by atoms with Crippen LogP contribution in [0.1, 0.15) is 38.1 Å². The fourth-order valence-corrected chi connectivity index (χ4v) is 2.68. The van der Waals surface area contributed by atoms with Crippen LogP contribution in [0.15, 0.2) is 24.3 Å². The summed E-state index contributed by atoms with van der Waals surface area (Å²) in [5, 5.41) is 2.98. The molecule has 1 heterocycles. The first-order valence-electron chi connectivity index (χ1n) is 8.40. The minimum absolute atomic E-state index is 0.0409. The van der Waals surface area contributed by atoms with E-state index in [1.165, 1.54) is 0 Å². The lowest BCUT2D eigenvalue weighted by atomic mass is 10.1. The molecule has 0 atom stereocenters. The van der Waals surface area contributed by atoms with Crippen molar-refractivity contribution in [3.8, 4) is 0 Å². The Kier molecular flexibility index (Phi) is 5.70. The lowest BCUT2D eigenvalue weighted by Gasteiger charge is -2.37. The number of benzene rings is 1. The Morgan fingerprint density at radius 1 is 1.12 bits per heavy atom. The Balaban J connectivity index is 2.03. The number of anilines is 1. The van der Waals surface area contributed by atoms with Crippen molar-refractivity contribution in [2.45, 2.75) is 33.2 Å². The average molecular weight is 333 g/mol. The molecule has 0 bridgehead atoms. The summed E-state index contributed by atoms with van der Waals surface area (Å²) < 4.78 is 5.13. The monoisotopic (exact) mass is 333 g/mol. The van der Waals surface area contributed by atoms with E-state index in [2.05, 4.69) is 10.2 Å². The summed E-state index contributed by atoms with van der Waals surface area (Å²) >= 11 is 0. The number of carbonyl (C=O) groups excluding carboxylic acids is 2. The van der Waals surface area contributed by atoms with Gasteiger partial charge in [0.15, 0.2) is 0 Å². The number of amides is 2. The van der Waals surface area contributed by atoms with E-state index >= 15 is 0 Å². The van der Waals surface area contributed by atoms with E-state index in [4.69, 9.17) is 4.74 Å². The lowest BCUT2D eigenvalue weighted by molar-refractivity contribution is 0.0526. The molecule has 1 aliphatic heterocycles. The highest BCUT2D eigenvalue weighted by Crippen LogP contribution is 2.23. The number of hydrogen-bond acceptors (Lipinski definition) is 4. The normalized spacial score (nSPS) is 15.2. The van der Waals surface area contributed by atoms with Crippen molar-refractivity contribution in [1.29, 1.82) is 0 Å². The van der Waals surface area contributed by atoms with Gasteiger partial charge in [0.2, 0.25) is 0 Å². The van der Waals surface area contributed by atoms with E-state index in [0.29, 0.717) is 38.3 Å². The molecule has 1 saturated heterocycles. The minimum Gasteiger partial charge on any atom is -0.462 e. The van der Waals surface area contributed by atoms with Gasteiger partial charge in [0.05, 0.1) is 17.9 Å². The Bertz CT molecular complexity index is 587. The van der Waals surface area contributed by atoms with Gasteiger partial charge in [-0.3, -0.25) is 0 Å². The zero-order valence-electron chi connectivity index (χ0n) is 15.0. The molecular weight excluding hydrogens is 306 g/mol. The molecule has 0 spiro atoms. The molecule has 1 N–H and O–H groups in total. The van der Waals surface area contributed by atoms with Gasteiger partial charge in [0, 0.05) is 31.7 Å². The van der Waals surface area contributed by atoms with Gasteiger partial charge >= 0.3 is 12.0 Å². The maximum absolute atomic E-state index is 12.2. The van der Waals surface area contributed by atoms with Crippen LogP contribution in [0.3, 0.4) is 0 Å². The number of nitrogens with zero attached hydrogens (tertiary/aromatic N) is 2. The van der Waals surface area contributed by atoms with Crippen molar-refractivity contribution in [2.75, 3.05) is 37.7 Å². The smallest absolute Gasteiger partial charge is 0.340 e. The first kappa shape index (κ1) is 18.1. The Labute approximate surface area is 143 Å². The number of urea groups is 1. The van der Waals surface area contributed by atoms with Crippen molar-refractivity contribution in [3.05, 3.63) is 29.8 Å². The summed E-state index contributed by atoms with van der Waals surface area (Å²) in [6.07, 6.45) is 0. The molecule has 1 aromatic carbocycles. The SMILES string of the molecule is CCOC(=O)c1ccccc1N1CCN(C(=O)NC(C)(C)C)CC1. The second-order valence-electron chi connectivity index (χ2n) is 6.89. The van der Waals surface area contributed by atoms with Crippen molar-refractivity contribution in [2.24, 2.45) is 0 Å². The molecule has 1 aromatic rings. The van der Waals surface area contributed by atoms with E-state index < -0.39 is 0 Å². The molecule has 0 saturated carbocycles. The average Bonchev–Trinajstić information content (AvgIpc) is 2.53. The minimum atomic E-state index is -0.305. The molecule has 0 aromatic heterocycles. The van der Waals surface area contributed by atoms with Gasteiger partial charge in [-0.25, -0.2) is 9.59 Å². The zero-order valence-corrected chi connectivity index (χ0v) is 15.0. The second-order valence-corrected chi connectivity index (χ2v) is 6.89. The number of hydrogen-bond donors (Lipinski definition) is 1. The summed E-state index contributed by atoms with van der Waals surface area (Å²) in [4.78, 5) is 28.3. The number of ether oxygens (including phenoxy) is 1. The molecule has 0 unspecified atom stereocenters. The van der Waals surface area contributed by atoms with E-state index in [9.17, 15) is 9.59 Å². The van der Waals surface area contributed by atoms with Gasteiger partial charge < -0.3 is 19.9 Å². The predicted octanol–water partition coefficient (Wildman–Crippen LogP) is 2.49. The van der Waals surface area contributed by atoms with Crippen molar-refractivity contribution < 1.29 is 14.3 Å². The molecule has 6 heteroatoms. The first-order valence-corrected chi connectivity index (χ1v) is 8.40. The molecule has 1 aliphatic rings. The number of piperazine rings is 1. The fourth-order valence-electron chi connectivity index (χ4n) is 2.68. The molecular formula is C18H27N3O3. The van der Waals surface area contributed by atoms with Crippen molar-refractivity contribution in [3.63, 3.8) is 0 Å². The largest absolute Gasteiger partial charge is 0.462 e. The fraction of sp³-hybridized carbons (Fsp3) is 0.556. The highest BCUT2D eigenvalue weighted by molar-refractivity contribution is 5.96. The number of para-hydroxylation sites is 1. The molecule has 24 heavy (non-hydrogen) atoms. The maximum atomic E-state index is 12.2. The first-order chi connectivity index (χ1) is 11.3. The Morgan fingerprint density at radius 3 is 2.33 bits per heavy atom. The molecule has 1 fully saturated rings. The Hall–Kier alpha value is -2.24. The van der Waals surface area contributed by atoms with Gasteiger partial charge in [0.25, 0.3) is 0 Å². The highest BCUT2D eigenvalue weighted by atomic mass is 16.5. The van der Waals surface area contributed by atoms with Crippen LogP contribution in [0, 0.1) is 0 Å². The van der Waals surface area contributed by atoms with E-state index in [0.717, 1.165) is 5.69 Å². The van der Waals surface area contributed by atoms with Gasteiger partial charge in [-0.1, -0.05) is 12.1 Å². The van der Waals surface area contributed by atoms with Crippen molar-refractivity contribution in [1.82, 2.24) is 10.2 Å². The van der Waals surface area contributed by atoms with Crippen LogP contribution in [-0.4, -0.2) is 55.2 Å². The quantitative estimate of drug-likeness (QED) is 0.863. The van der Waals surface area contributed by atoms with Crippen LogP contribution < -0.4 is 10.2 Å². The molecule has 2 amide bonds. The van der Waals surface area contributed by atoms with Crippen LogP contribution in [-0.2, 0) is 4.74 Å². The number of carbonyl (C=O) groups is 2. The van der Waals surface area contributed by atoms with Gasteiger partial charge in [0.1, 0.15) is 0 Å². The number of nitrogens with one attached hydrogen (secondary N) is 1. The zero-order chi connectivity index (χ0) is 17.7. The van der Waals surface area contributed by atoms with Crippen LogP contribution in [0.25, 0.3) is 0 Å². The molecule has 132 valence electrons. The summed E-state index contributed by atoms with van der Waals surface area (Å²) in [6.45, 7) is 10.7. The standard InChI is InChI=1S/C18H27N3O3/c1-5-24-16(22)14-8-6-7-9-15(14)20-10-12-21(13-11-20)17(23)19-18(2,3)4/h6-9H,5,10-13H2,1-4H3,(H,19,23). The van der Waals surface area contributed by atoms with Gasteiger partial charge in [-0.15, -0.1) is 0 Å². The molecule has 6 nitrogen and oxygen atoms in total. The maximum Gasteiger partial charge on any atom is 0.340 e. The van der Waals surface area contributed by atoms with Crippen LogP contribution in [0.4, 0.5) is 10.5 Å². The van der Waals surface area contributed by atoms with E-state index in [1.54, 1.807) is 13.0 Å². The van der Waals surface area contributed by atoms with Crippen molar-refractivity contribution >= 4 is 17.7 Å². The Morgan fingerprint density at radius 2 is 1.75 bits per heavy atom. The van der Waals surface area contributed by atoms with Crippen LogP contribution in [0.2, 0.25) is 0 Å². The predicted molar refractivity (Wildman–Crippen MR) is 94.5 cm³/mol. The third-order valence-corrected chi connectivity index (χ3v) is 3.79. The molecule has 2 rings (SSSR count). The summed E-state index contributed by atoms with van der Waals surface area (Å²) in [7, 11) is 0. The second kappa shape index (κ2) is 7.55. The van der Waals surface area contributed by atoms with Gasteiger partial charge in [-0.05, 0) is 39.8 Å². The summed E-state index contributed by atoms with van der Waals surface area (Å²) in [6, 6.07) is 7.42. The third kappa shape index (κ3) is 4.63. The summed E-state index contributed by atoms with van der Waals surface area (Å²) in [5.74, 6) is -0.305. The highest BCUT2D eigenvalue weighted by Gasteiger charge is 2.26. The van der Waals surface area contributed by atoms with E-state index in [-0.39, 0.29) is 17.5 Å². The molecule has 0 radical (unpaired) electrons. The van der Waals surface area contributed by atoms with Crippen LogP contribution >= 0.6 is 0 Å². The lowest BCUT2D eigenvalue weighted by Crippen LogP contribution is -2.55. The van der Waals surface area contributed by atoms with Crippen LogP contribution in [0.5, 0.6) is 0 Å². The number of rotatable bonds is 3. The molecule has 0 aliphatic carbocycles. The summed E-state index contributed by atoms with van der Waals surface area (Å²) in [5.41, 5.74) is 1.20. The van der Waals surface area contributed by atoms with Gasteiger partial charge in [-0.2, -0.15) is 0 Å². The topological polar surface area (TPSA) is 61.9 Å².